The zero-order chi connectivity index (χ0) is 16.8. The molecular weight excluding hydrogens is 310 g/mol. The predicted octanol–water partition coefficient (Wildman–Crippen LogP) is 3.08. The second-order valence-electron chi connectivity index (χ2n) is 5.03. The predicted molar refractivity (Wildman–Crippen MR) is 95.6 cm³/mol. The summed E-state index contributed by atoms with van der Waals surface area (Å²) in [6.45, 7) is 3.40. The first kappa shape index (κ1) is 16.6. The van der Waals surface area contributed by atoms with E-state index < -0.39 is 0 Å². The number of anilines is 2. The summed E-state index contributed by atoms with van der Waals surface area (Å²) < 4.78 is 0. The van der Waals surface area contributed by atoms with Crippen molar-refractivity contribution >= 4 is 40.5 Å². The lowest BCUT2D eigenvalue weighted by Crippen LogP contribution is -2.34. The van der Waals surface area contributed by atoms with Crippen LogP contribution >= 0.6 is 12.2 Å². The van der Waals surface area contributed by atoms with E-state index >= 15 is 0 Å². The van der Waals surface area contributed by atoms with Crippen LogP contribution in [-0.2, 0) is 4.79 Å². The molecule has 2 rings (SSSR count). The molecule has 0 unspecified atom stereocenters. The van der Waals surface area contributed by atoms with Crippen molar-refractivity contribution in [2.45, 2.75) is 13.8 Å². The Morgan fingerprint density at radius 1 is 0.870 bits per heavy atom. The van der Waals surface area contributed by atoms with Crippen LogP contribution in [0.2, 0.25) is 0 Å². The van der Waals surface area contributed by atoms with Crippen molar-refractivity contribution in [1.82, 2.24) is 5.32 Å². The van der Waals surface area contributed by atoms with E-state index in [9.17, 15) is 9.59 Å². The molecule has 0 atom stereocenters. The van der Waals surface area contributed by atoms with Crippen LogP contribution in [0.4, 0.5) is 11.4 Å². The van der Waals surface area contributed by atoms with E-state index in [0.717, 1.165) is 5.56 Å². The summed E-state index contributed by atoms with van der Waals surface area (Å²) in [5, 5.41) is 8.43. The normalized spacial score (nSPS) is 9.83. The van der Waals surface area contributed by atoms with Gasteiger partial charge in [-0.05, 0) is 55.5 Å². The van der Waals surface area contributed by atoms with Gasteiger partial charge in [0, 0.05) is 23.9 Å². The standard InChI is InChI=1S/C17H17N3O2S/c1-11-3-5-13(6-4-11)16(22)20-17(23)19-15-9-7-14(8-10-15)18-12(2)21/h3-10H,1-2H3,(H,18,21)(H2,19,20,22,23). The van der Waals surface area contributed by atoms with Crippen molar-refractivity contribution in [3.05, 3.63) is 59.7 Å². The highest BCUT2D eigenvalue weighted by atomic mass is 32.1. The molecule has 0 spiro atoms. The molecule has 2 aromatic carbocycles. The van der Waals surface area contributed by atoms with Gasteiger partial charge in [-0.25, -0.2) is 0 Å². The van der Waals surface area contributed by atoms with Gasteiger partial charge in [0.25, 0.3) is 5.91 Å². The summed E-state index contributed by atoms with van der Waals surface area (Å²) >= 11 is 5.13. The van der Waals surface area contributed by atoms with E-state index in [1.807, 2.05) is 19.1 Å². The molecule has 0 aliphatic rings. The molecule has 0 radical (unpaired) electrons. The van der Waals surface area contributed by atoms with Crippen LogP contribution in [0.5, 0.6) is 0 Å². The molecule has 0 saturated carbocycles. The Labute approximate surface area is 140 Å². The van der Waals surface area contributed by atoms with Gasteiger partial charge in [0.15, 0.2) is 5.11 Å². The van der Waals surface area contributed by atoms with Gasteiger partial charge in [-0.3, -0.25) is 14.9 Å². The Morgan fingerprint density at radius 3 is 1.91 bits per heavy atom. The van der Waals surface area contributed by atoms with Gasteiger partial charge in [0.05, 0.1) is 0 Å². The molecule has 0 heterocycles. The lowest BCUT2D eigenvalue weighted by molar-refractivity contribution is -0.114. The third-order valence-electron chi connectivity index (χ3n) is 3.00. The van der Waals surface area contributed by atoms with Crippen molar-refractivity contribution in [3.8, 4) is 0 Å². The van der Waals surface area contributed by atoms with Crippen molar-refractivity contribution < 1.29 is 9.59 Å². The molecule has 0 aromatic heterocycles. The average Bonchev–Trinajstić information content (AvgIpc) is 2.49. The maximum Gasteiger partial charge on any atom is 0.257 e. The molecule has 118 valence electrons. The van der Waals surface area contributed by atoms with Crippen LogP contribution < -0.4 is 16.0 Å². The van der Waals surface area contributed by atoms with E-state index in [2.05, 4.69) is 16.0 Å². The summed E-state index contributed by atoms with van der Waals surface area (Å²) in [6, 6.07) is 14.2. The topological polar surface area (TPSA) is 70.2 Å². The van der Waals surface area contributed by atoms with Crippen LogP contribution in [0, 0.1) is 6.92 Å². The highest BCUT2D eigenvalue weighted by Gasteiger charge is 2.07. The molecule has 0 fully saturated rings. The summed E-state index contributed by atoms with van der Waals surface area (Å²) in [5.74, 6) is -0.399. The van der Waals surface area contributed by atoms with E-state index in [-0.39, 0.29) is 16.9 Å². The monoisotopic (exact) mass is 327 g/mol. The summed E-state index contributed by atoms with van der Waals surface area (Å²) in [6.07, 6.45) is 0. The van der Waals surface area contributed by atoms with Gasteiger partial charge >= 0.3 is 0 Å². The summed E-state index contributed by atoms with van der Waals surface area (Å²) in [5.41, 5.74) is 3.04. The first-order valence-electron chi connectivity index (χ1n) is 7.01. The smallest absolute Gasteiger partial charge is 0.257 e. The number of aryl methyl sites for hydroxylation is 1. The SMILES string of the molecule is CC(=O)Nc1ccc(NC(=S)NC(=O)c2ccc(C)cc2)cc1. The Balaban J connectivity index is 1.92. The molecule has 0 bridgehead atoms. The Hall–Kier alpha value is -2.73. The summed E-state index contributed by atoms with van der Waals surface area (Å²) in [4.78, 5) is 23.0. The first-order chi connectivity index (χ1) is 10.9. The van der Waals surface area contributed by atoms with Crippen LogP contribution in [0.25, 0.3) is 0 Å². The lowest BCUT2D eigenvalue weighted by Gasteiger charge is -2.10. The number of hydrogen-bond acceptors (Lipinski definition) is 3. The molecule has 23 heavy (non-hydrogen) atoms. The second kappa shape index (κ2) is 7.51. The minimum atomic E-state index is -0.266. The number of carbonyl (C=O) groups excluding carboxylic acids is 2. The van der Waals surface area contributed by atoms with E-state index in [0.29, 0.717) is 16.9 Å². The van der Waals surface area contributed by atoms with Gasteiger partial charge in [-0.15, -0.1) is 0 Å². The molecular formula is C17H17N3O2S. The number of nitrogens with one attached hydrogen (secondary N) is 3. The first-order valence-corrected chi connectivity index (χ1v) is 7.41. The van der Waals surface area contributed by atoms with Crippen molar-refractivity contribution in [1.29, 1.82) is 0 Å². The maximum absolute atomic E-state index is 12.0. The molecule has 0 aliphatic carbocycles. The van der Waals surface area contributed by atoms with Crippen LogP contribution in [0.1, 0.15) is 22.8 Å². The number of carbonyl (C=O) groups is 2. The van der Waals surface area contributed by atoms with Crippen molar-refractivity contribution in [2.75, 3.05) is 10.6 Å². The Kier molecular flexibility index (Phi) is 5.43. The summed E-state index contributed by atoms with van der Waals surface area (Å²) in [7, 11) is 0. The molecule has 5 nitrogen and oxygen atoms in total. The van der Waals surface area contributed by atoms with Gasteiger partial charge in [-0.2, -0.15) is 0 Å². The molecule has 3 N–H and O–H groups in total. The van der Waals surface area contributed by atoms with Gasteiger partial charge in [-0.1, -0.05) is 17.7 Å². The molecule has 2 aromatic rings. The zero-order valence-corrected chi connectivity index (χ0v) is 13.7. The van der Waals surface area contributed by atoms with Gasteiger partial charge in [0.2, 0.25) is 5.91 Å². The lowest BCUT2D eigenvalue weighted by atomic mass is 10.1. The van der Waals surface area contributed by atoms with Gasteiger partial charge < -0.3 is 10.6 Å². The molecule has 0 aliphatic heterocycles. The number of hydrogen-bond donors (Lipinski definition) is 3. The van der Waals surface area contributed by atoms with E-state index in [4.69, 9.17) is 12.2 Å². The Morgan fingerprint density at radius 2 is 1.39 bits per heavy atom. The van der Waals surface area contributed by atoms with E-state index in [1.54, 1.807) is 36.4 Å². The highest BCUT2D eigenvalue weighted by molar-refractivity contribution is 7.80. The molecule has 2 amide bonds. The Bertz CT molecular complexity index is 725. The number of rotatable bonds is 3. The van der Waals surface area contributed by atoms with Crippen LogP contribution in [0.3, 0.4) is 0 Å². The average molecular weight is 327 g/mol. The highest BCUT2D eigenvalue weighted by Crippen LogP contribution is 2.13. The fourth-order valence-electron chi connectivity index (χ4n) is 1.88. The third kappa shape index (κ3) is 5.19. The van der Waals surface area contributed by atoms with Crippen LogP contribution in [0.15, 0.2) is 48.5 Å². The largest absolute Gasteiger partial charge is 0.332 e. The van der Waals surface area contributed by atoms with E-state index in [1.165, 1.54) is 6.92 Å². The quantitative estimate of drug-likeness (QED) is 0.758. The zero-order valence-electron chi connectivity index (χ0n) is 12.8. The maximum atomic E-state index is 12.0. The number of thiocarbonyl (C=S) groups is 1. The van der Waals surface area contributed by atoms with Crippen LogP contribution in [-0.4, -0.2) is 16.9 Å². The second-order valence-corrected chi connectivity index (χ2v) is 5.44. The molecule has 0 saturated heterocycles. The minimum Gasteiger partial charge on any atom is -0.332 e. The third-order valence-corrected chi connectivity index (χ3v) is 3.21. The minimum absolute atomic E-state index is 0.133. The van der Waals surface area contributed by atoms with Gasteiger partial charge in [0.1, 0.15) is 0 Å². The number of benzene rings is 2. The van der Waals surface area contributed by atoms with Crippen molar-refractivity contribution in [2.24, 2.45) is 0 Å². The fourth-order valence-corrected chi connectivity index (χ4v) is 2.09. The fraction of sp³-hybridized carbons (Fsp3) is 0.118. The molecule has 6 heteroatoms. The van der Waals surface area contributed by atoms with Crippen molar-refractivity contribution in [3.63, 3.8) is 0 Å². The number of amides is 2.